The molecule has 3 atom stereocenters. The zero-order valence-electron chi connectivity index (χ0n) is 11.3. The summed E-state index contributed by atoms with van der Waals surface area (Å²) in [5.74, 6) is 0.681. The van der Waals surface area contributed by atoms with E-state index in [1.54, 1.807) is 0 Å². The van der Waals surface area contributed by atoms with Crippen molar-refractivity contribution in [3.63, 3.8) is 0 Å². The van der Waals surface area contributed by atoms with Crippen LogP contribution < -0.4 is 5.32 Å². The molecule has 0 amide bonds. The summed E-state index contributed by atoms with van der Waals surface area (Å²) in [4.78, 5) is 0. The average Bonchev–Trinajstić information content (AvgIpc) is 2.39. The third-order valence-corrected chi connectivity index (χ3v) is 4.03. The Morgan fingerprint density at radius 3 is 2.50 bits per heavy atom. The summed E-state index contributed by atoms with van der Waals surface area (Å²) in [6.07, 6.45) is 5.10. The molecule has 96 valence electrons. The van der Waals surface area contributed by atoms with E-state index in [9.17, 15) is 5.26 Å². The highest BCUT2D eigenvalue weighted by Gasteiger charge is 2.24. The van der Waals surface area contributed by atoms with Gasteiger partial charge in [0.1, 0.15) is 6.04 Å². The van der Waals surface area contributed by atoms with Crippen molar-refractivity contribution in [3.8, 4) is 6.07 Å². The monoisotopic (exact) mass is 242 g/mol. The van der Waals surface area contributed by atoms with Crippen molar-refractivity contribution in [1.29, 1.82) is 5.26 Å². The van der Waals surface area contributed by atoms with Crippen LogP contribution in [0.15, 0.2) is 24.3 Å². The molecule has 0 aromatic heterocycles. The van der Waals surface area contributed by atoms with E-state index in [1.165, 1.54) is 31.2 Å². The van der Waals surface area contributed by atoms with Gasteiger partial charge in [0.05, 0.1) is 6.07 Å². The van der Waals surface area contributed by atoms with Gasteiger partial charge in [-0.25, -0.2) is 0 Å². The second-order valence-corrected chi connectivity index (χ2v) is 5.51. The summed E-state index contributed by atoms with van der Waals surface area (Å²) >= 11 is 0. The minimum absolute atomic E-state index is 0.170. The maximum Gasteiger partial charge on any atom is 0.121 e. The van der Waals surface area contributed by atoms with Gasteiger partial charge in [-0.2, -0.15) is 5.26 Å². The Kier molecular flexibility index (Phi) is 4.38. The summed E-state index contributed by atoms with van der Waals surface area (Å²) in [6, 6.07) is 11.0. The lowest BCUT2D eigenvalue weighted by molar-refractivity contribution is 0.271. The molecule has 1 aliphatic rings. The highest BCUT2D eigenvalue weighted by molar-refractivity contribution is 5.27. The molecule has 1 fully saturated rings. The van der Waals surface area contributed by atoms with Crippen LogP contribution in [0.1, 0.15) is 49.8 Å². The van der Waals surface area contributed by atoms with E-state index in [4.69, 9.17) is 0 Å². The van der Waals surface area contributed by atoms with Crippen LogP contribution in [-0.4, -0.2) is 6.04 Å². The second kappa shape index (κ2) is 6.02. The Labute approximate surface area is 110 Å². The van der Waals surface area contributed by atoms with Crippen LogP contribution in [0.4, 0.5) is 0 Å². The van der Waals surface area contributed by atoms with E-state index in [0.717, 1.165) is 5.56 Å². The Morgan fingerprint density at radius 1 is 1.22 bits per heavy atom. The number of aryl methyl sites for hydroxylation is 1. The van der Waals surface area contributed by atoms with Crippen molar-refractivity contribution in [2.45, 2.75) is 51.6 Å². The van der Waals surface area contributed by atoms with Gasteiger partial charge in [0.25, 0.3) is 0 Å². The predicted octanol–water partition coefficient (Wildman–Crippen LogP) is 3.73. The molecule has 0 radical (unpaired) electrons. The van der Waals surface area contributed by atoms with Crippen molar-refractivity contribution in [2.24, 2.45) is 5.92 Å². The quantitative estimate of drug-likeness (QED) is 0.876. The van der Waals surface area contributed by atoms with E-state index < -0.39 is 0 Å². The second-order valence-electron chi connectivity index (χ2n) is 5.51. The molecule has 1 aromatic rings. The first kappa shape index (κ1) is 13.1. The number of nitrogens with zero attached hydrogens (tertiary/aromatic N) is 1. The molecule has 1 aromatic carbocycles. The van der Waals surface area contributed by atoms with Gasteiger partial charge >= 0.3 is 0 Å². The van der Waals surface area contributed by atoms with Gasteiger partial charge in [-0.1, -0.05) is 49.6 Å². The molecule has 2 heteroatoms. The van der Waals surface area contributed by atoms with Crippen molar-refractivity contribution in [3.05, 3.63) is 35.4 Å². The lowest BCUT2D eigenvalue weighted by Crippen LogP contribution is -2.39. The van der Waals surface area contributed by atoms with E-state index in [1.807, 2.05) is 0 Å². The maximum absolute atomic E-state index is 9.35. The Balaban J connectivity index is 2.05. The molecule has 2 nitrogen and oxygen atoms in total. The molecule has 18 heavy (non-hydrogen) atoms. The van der Waals surface area contributed by atoms with Crippen LogP contribution in [0.25, 0.3) is 0 Å². The van der Waals surface area contributed by atoms with Crippen molar-refractivity contribution in [2.75, 3.05) is 0 Å². The first-order valence-electron chi connectivity index (χ1n) is 6.93. The molecule has 0 spiro atoms. The fourth-order valence-electron chi connectivity index (χ4n) is 2.74. The third kappa shape index (κ3) is 3.11. The highest BCUT2D eigenvalue weighted by Crippen LogP contribution is 2.26. The molecular weight excluding hydrogens is 220 g/mol. The highest BCUT2D eigenvalue weighted by atomic mass is 15.0. The number of rotatable bonds is 3. The van der Waals surface area contributed by atoms with Gasteiger partial charge < -0.3 is 0 Å². The van der Waals surface area contributed by atoms with Gasteiger partial charge in [0, 0.05) is 6.04 Å². The average molecular weight is 242 g/mol. The number of nitriles is 1. The minimum atomic E-state index is -0.170. The lowest BCUT2D eigenvalue weighted by Gasteiger charge is -2.31. The summed E-state index contributed by atoms with van der Waals surface area (Å²) in [5.41, 5.74) is 2.32. The SMILES string of the molecule is Cc1ccc(C(C#N)NC2CCCCC2C)cc1. The molecule has 2 rings (SSSR count). The van der Waals surface area contributed by atoms with Gasteiger partial charge in [-0.3, -0.25) is 5.32 Å². The van der Waals surface area contributed by atoms with Crippen molar-refractivity contribution in [1.82, 2.24) is 5.32 Å². The number of nitrogens with one attached hydrogen (secondary N) is 1. The summed E-state index contributed by atoms with van der Waals surface area (Å²) in [6.45, 7) is 4.36. The first-order valence-corrected chi connectivity index (χ1v) is 6.93. The maximum atomic E-state index is 9.35. The largest absolute Gasteiger partial charge is 0.295 e. The predicted molar refractivity (Wildman–Crippen MR) is 74.1 cm³/mol. The van der Waals surface area contributed by atoms with Crippen LogP contribution >= 0.6 is 0 Å². The van der Waals surface area contributed by atoms with Gasteiger partial charge in [0.15, 0.2) is 0 Å². The van der Waals surface area contributed by atoms with Crippen LogP contribution in [0.5, 0.6) is 0 Å². The molecule has 1 saturated carbocycles. The molecule has 3 unspecified atom stereocenters. The fourth-order valence-corrected chi connectivity index (χ4v) is 2.74. The van der Waals surface area contributed by atoms with Crippen molar-refractivity contribution >= 4 is 0 Å². The van der Waals surface area contributed by atoms with E-state index >= 15 is 0 Å². The van der Waals surface area contributed by atoms with E-state index in [-0.39, 0.29) is 6.04 Å². The first-order chi connectivity index (χ1) is 8.70. The molecule has 1 aliphatic carbocycles. The number of hydrogen-bond donors (Lipinski definition) is 1. The zero-order valence-corrected chi connectivity index (χ0v) is 11.3. The molecular formula is C16H22N2. The normalized spacial score (nSPS) is 25.4. The Morgan fingerprint density at radius 2 is 1.89 bits per heavy atom. The summed E-state index contributed by atoms with van der Waals surface area (Å²) in [5, 5.41) is 12.9. The zero-order chi connectivity index (χ0) is 13.0. The lowest BCUT2D eigenvalue weighted by atomic mass is 9.85. The smallest absolute Gasteiger partial charge is 0.121 e. The van der Waals surface area contributed by atoms with Gasteiger partial charge in [-0.05, 0) is 31.2 Å². The Bertz CT molecular complexity index is 416. The van der Waals surface area contributed by atoms with Crippen LogP contribution in [0.3, 0.4) is 0 Å². The number of hydrogen-bond acceptors (Lipinski definition) is 2. The van der Waals surface area contributed by atoms with Crippen LogP contribution in [0.2, 0.25) is 0 Å². The molecule has 0 heterocycles. The molecule has 0 bridgehead atoms. The molecule has 1 N–H and O–H groups in total. The van der Waals surface area contributed by atoms with Crippen LogP contribution in [-0.2, 0) is 0 Å². The van der Waals surface area contributed by atoms with Gasteiger partial charge in [0.2, 0.25) is 0 Å². The minimum Gasteiger partial charge on any atom is -0.295 e. The van der Waals surface area contributed by atoms with Gasteiger partial charge in [-0.15, -0.1) is 0 Å². The standard InChI is InChI=1S/C16H22N2/c1-12-7-9-14(10-8-12)16(11-17)18-15-6-4-3-5-13(15)2/h7-10,13,15-16,18H,3-6H2,1-2H3. The van der Waals surface area contributed by atoms with Crippen molar-refractivity contribution < 1.29 is 0 Å². The Hall–Kier alpha value is -1.33. The van der Waals surface area contributed by atoms with E-state index in [2.05, 4.69) is 49.5 Å². The van der Waals surface area contributed by atoms with E-state index in [0.29, 0.717) is 12.0 Å². The summed E-state index contributed by atoms with van der Waals surface area (Å²) < 4.78 is 0. The molecule has 0 saturated heterocycles. The third-order valence-electron chi connectivity index (χ3n) is 4.03. The topological polar surface area (TPSA) is 35.8 Å². The number of benzene rings is 1. The molecule has 0 aliphatic heterocycles. The van der Waals surface area contributed by atoms with Crippen LogP contribution in [0, 0.1) is 24.2 Å². The summed E-state index contributed by atoms with van der Waals surface area (Å²) in [7, 11) is 0. The fraction of sp³-hybridized carbons (Fsp3) is 0.562.